The van der Waals surface area contributed by atoms with Gasteiger partial charge in [-0.2, -0.15) is 0 Å². The molecule has 0 bridgehead atoms. The van der Waals surface area contributed by atoms with Gasteiger partial charge < -0.3 is 29.0 Å². The monoisotopic (exact) mass is 470 g/mol. The molecule has 1 atom stereocenters. The number of nitrogens with one attached hydrogen (secondary N) is 1. The predicted molar refractivity (Wildman–Crippen MR) is 122 cm³/mol. The minimum absolute atomic E-state index is 0.115. The number of carbonyl (C=O) groups excluding carboxylic acids is 2. The van der Waals surface area contributed by atoms with Crippen molar-refractivity contribution in [3.05, 3.63) is 47.5 Å². The average Bonchev–Trinajstić information content (AvgIpc) is 3.34. The molecule has 3 aromatic rings. The van der Waals surface area contributed by atoms with E-state index in [0.29, 0.717) is 46.9 Å². The van der Waals surface area contributed by atoms with Gasteiger partial charge in [0.1, 0.15) is 18.2 Å². The van der Waals surface area contributed by atoms with E-state index in [1.54, 1.807) is 49.9 Å². The van der Waals surface area contributed by atoms with Gasteiger partial charge >= 0.3 is 5.97 Å². The Labute approximate surface area is 194 Å². The minimum Gasteiger partial charge on any atom is -0.493 e. The summed E-state index contributed by atoms with van der Waals surface area (Å²) in [4.78, 5) is 29.4. The Morgan fingerprint density at radius 1 is 1.03 bits per heavy atom. The average molecular weight is 471 g/mol. The van der Waals surface area contributed by atoms with E-state index >= 15 is 0 Å². The van der Waals surface area contributed by atoms with Gasteiger partial charge in [0.2, 0.25) is 0 Å². The molecular weight excluding hydrogens is 448 g/mol. The summed E-state index contributed by atoms with van der Waals surface area (Å²) in [6, 6.07) is 10.4. The molecule has 1 unspecified atom stereocenters. The van der Waals surface area contributed by atoms with E-state index in [1.165, 1.54) is 18.3 Å². The summed E-state index contributed by atoms with van der Waals surface area (Å²) in [5.74, 6) is 1.15. The summed E-state index contributed by atoms with van der Waals surface area (Å²) in [6.45, 7) is 2.42. The molecule has 172 valence electrons. The van der Waals surface area contributed by atoms with Crippen LogP contribution in [0.1, 0.15) is 17.4 Å². The fraction of sp³-hybridized carbons (Fsp3) is 0.261. The zero-order valence-corrected chi connectivity index (χ0v) is 19.1. The Morgan fingerprint density at radius 2 is 1.79 bits per heavy atom. The first-order valence-electron chi connectivity index (χ1n) is 10.1. The summed E-state index contributed by atoms with van der Waals surface area (Å²) < 4.78 is 26.8. The number of anilines is 1. The zero-order chi connectivity index (χ0) is 23.4. The standard InChI is InChI=1S/C23H22N2O7S/c1-13(21(26)24-15-5-7-18-20(11-15)31-9-8-30-18)32-23(27)16-12-33-22(25-16)14-4-6-17(28-2)19(10-14)29-3/h4-7,10-13H,8-9H2,1-3H3,(H,24,26). The molecule has 0 saturated heterocycles. The first kappa shape index (κ1) is 22.4. The van der Waals surface area contributed by atoms with Crippen molar-refractivity contribution in [1.29, 1.82) is 0 Å². The first-order chi connectivity index (χ1) is 16.0. The number of aromatic nitrogens is 1. The van der Waals surface area contributed by atoms with Crippen LogP contribution in [0.15, 0.2) is 41.8 Å². The largest absolute Gasteiger partial charge is 0.493 e. The second-order valence-corrected chi connectivity index (χ2v) is 7.86. The highest BCUT2D eigenvalue weighted by atomic mass is 32.1. The van der Waals surface area contributed by atoms with Crippen LogP contribution < -0.4 is 24.3 Å². The summed E-state index contributed by atoms with van der Waals surface area (Å²) in [6.07, 6.45) is -1.03. The van der Waals surface area contributed by atoms with Gasteiger partial charge in [0.25, 0.3) is 5.91 Å². The van der Waals surface area contributed by atoms with Crippen LogP contribution in [-0.2, 0) is 9.53 Å². The number of hydrogen-bond donors (Lipinski definition) is 1. The second kappa shape index (κ2) is 9.78. The maximum Gasteiger partial charge on any atom is 0.358 e. The number of carbonyl (C=O) groups is 2. The van der Waals surface area contributed by atoms with Crippen LogP contribution in [0.2, 0.25) is 0 Å². The van der Waals surface area contributed by atoms with Crippen LogP contribution in [0.3, 0.4) is 0 Å². The van der Waals surface area contributed by atoms with E-state index in [9.17, 15) is 9.59 Å². The quantitative estimate of drug-likeness (QED) is 0.520. The van der Waals surface area contributed by atoms with Crippen molar-refractivity contribution in [3.8, 4) is 33.6 Å². The number of ether oxygens (including phenoxy) is 5. The van der Waals surface area contributed by atoms with E-state index in [1.807, 2.05) is 6.07 Å². The highest BCUT2D eigenvalue weighted by molar-refractivity contribution is 7.13. The molecule has 0 saturated carbocycles. The van der Waals surface area contributed by atoms with Crippen LogP contribution >= 0.6 is 11.3 Å². The number of fused-ring (bicyclic) bond motifs is 1. The molecule has 0 spiro atoms. The number of esters is 1. The molecule has 4 rings (SSSR count). The van der Waals surface area contributed by atoms with Crippen molar-refractivity contribution in [2.45, 2.75) is 13.0 Å². The number of thiazole rings is 1. The maximum atomic E-state index is 12.5. The number of benzene rings is 2. The van der Waals surface area contributed by atoms with Crippen LogP contribution in [0.4, 0.5) is 5.69 Å². The van der Waals surface area contributed by atoms with Gasteiger partial charge in [0, 0.05) is 22.7 Å². The molecule has 1 aromatic heterocycles. The molecule has 10 heteroatoms. The van der Waals surface area contributed by atoms with Gasteiger partial charge in [0.15, 0.2) is 34.8 Å². The molecule has 0 aliphatic carbocycles. The smallest absolute Gasteiger partial charge is 0.358 e. The van der Waals surface area contributed by atoms with Gasteiger partial charge in [-0.15, -0.1) is 11.3 Å². The SMILES string of the molecule is COc1ccc(-c2nc(C(=O)OC(C)C(=O)Nc3ccc4c(c3)OCCO4)cs2)cc1OC. The lowest BCUT2D eigenvalue weighted by Gasteiger charge is -2.19. The van der Waals surface area contributed by atoms with Crippen molar-refractivity contribution in [1.82, 2.24) is 4.98 Å². The number of hydrogen-bond acceptors (Lipinski definition) is 9. The topological polar surface area (TPSA) is 105 Å². The van der Waals surface area contributed by atoms with E-state index in [2.05, 4.69) is 10.3 Å². The van der Waals surface area contributed by atoms with Crippen LogP contribution in [0.25, 0.3) is 10.6 Å². The molecule has 2 aromatic carbocycles. The number of methoxy groups -OCH3 is 2. The lowest BCUT2D eigenvalue weighted by Crippen LogP contribution is -2.30. The van der Waals surface area contributed by atoms with Crippen molar-refractivity contribution in [2.24, 2.45) is 0 Å². The molecule has 9 nitrogen and oxygen atoms in total. The van der Waals surface area contributed by atoms with Crippen molar-refractivity contribution in [3.63, 3.8) is 0 Å². The summed E-state index contributed by atoms with van der Waals surface area (Å²) in [5, 5.41) is 4.90. The Bertz CT molecular complexity index is 1180. The Kier molecular flexibility index (Phi) is 6.64. The third-order valence-electron chi connectivity index (χ3n) is 4.81. The second-order valence-electron chi connectivity index (χ2n) is 7.00. The molecule has 33 heavy (non-hydrogen) atoms. The Morgan fingerprint density at radius 3 is 2.55 bits per heavy atom. The highest BCUT2D eigenvalue weighted by Crippen LogP contribution is 2.34. The van der Waals surface area contributed by atoms with Crippen molar-refractivity contribution in [2.75, 3.05) is 32.8 Å². The minimum atomic E-state index is -1.03. The summed E-state index contributed by atoms with van der Waals surface area (Å²) >= 11 is 1.28. The molecule has 0 fully saturated rings. The van der Waals surface area contributed by atoms with Crippen molar-refractivity contribution < 1.29 is 33.3 Å². The number of rotatable bonds is 7. The molecule has 1 amide bonds. The zero-order valence-electron chi connectivity index (χ0n) is 18.2. The maximum absolute atomic E-state index is 12.5. The fourth-order valence-electron chi connectivity index (χ4n) is 3.11. The Hall–Kier alpha value is -3.79. The lowest BCUT2D eigenvalue weighted by molar-refractivity contribution is -0.123. The highest BCUT2D eigenvalue weighted by Gasteiger charge is 2.22. The van der Waals surface area contributed by atoms with E-state index in [0.717, 1.165) is 5.56 Å². The molecule has 0 radical (unpaired) electrons. The first-order valence-corrected chi connectivity index (χ1v) is 11.0. The summed E-state index contributed by atoms with van der Waals surface area (Å²) in [7, 11) is 3.10. The normalized spacial score (nSPS) is 13.1. The van der Waals surface area contributed by atoms with Gasteiger partial charge in [-0.1, -0.05) is 0 Å². The third kappa shape index (κ3) is 5.01. The van der Waals surface area contributed by atoms with Gasteiger partial charge in [-0.05, 0) is 37.3 Å². The van der Waals surface area contributed by atoms with Crippen molar-refractivity contribution >= 4 is 28.9 Å². The van der Waals surface area contributed by atoms with Gasteiger partial charge in [0.05, 0.1) is 14.2 Å². The number of nitrogens with zero attached hydrogens (tertiary/aromatic N) is 1. The molecule has 1 N–H and O–H groups in total. The predicted octanol–water partition coefficient (Wildman–Crippen LogP) is 3.78. The van der Waals surface area contributed by atoms with E-state index in [4.69, 9.17) is 23.7 Å². The molecular formula is C23H22N2O7S. The van der Waals surface area contributed by atoms with Crippen LogP contribution in [-0.4, -0.2) is 50.4 Å². The van der Waals surface area contributed by atoms with Gasteiger partial charge in [-0.3, -0.25) is 4.79 Å². The lowest BCUT2D eigenvalue weighted by atomic mass is 10.2. The van der Waals surface area contributed by atoms with Crippen LogP contribution in [0.5, 0.6) is 23.0 Å². The molecule has 1 aliphatic heterocycles. The van der Waals surface area contributed by atoms with E-state index in [-0.39, 0.29) is 5.69 Å². The Balaban J connectivity index is 1.39. The van der Waals surface area contributed by atoms with Crippen LogP contribution in [0, 0.1) is 0 Å². The van der Waals surface area contributed by atoms with E-state index < -0.39 is 18.0 Å². The molecule has 1 aliphatic rings. The third-order valence-corrected chi connectivity index (χ3v) is 5.70. The van der Waals surface area contributed by atoms with Gasteiger partial charge in [-0.25, -0.2) is 9.78 Å². The summed E-state index contributed by atoms with van der Waals surface area (Å²) in [5.41, 5.74) is 1.39. The number of amides is 1. The molecule has 2 heterocycles. The fourth-order valence-corrected chi connectivity index (χ4v) is 3.90.